The van der Waals surface area contributed by atoms with Gasteiger partial charge in [0.25, 0.3) is 0 Å². The maximum atomic E-state index is 12.7. The number of benzene rings is 1. The predicted octanol–water partition coefficient (Wildman–Crippen LogP) is 3.58. The van der Waals surface area contributed by atoms with Gasteiger partial charge in [0.2, 0.25) is 5.91 Å². The Hall–Kier alpha value is -2.47. The van der Waals surface area contributed by atoms with Crippen LogP contribution in [0.3, 0.4) is 0 Å². The van der Waals surface area contributed by atoms with Gasteiger partial charge >= 0.3 is 5.97 Å². The molecule has 1 amide bonds. The summed E-state index contributed by atoms with van der Waals surface area (Å²) in [5.41, 5.74) is 1.85. The second-order valence-corrected chi connectivity index (χ2v) is 7.82. The maximum Gasteiger partial charge on any atom is 0.307 e. The highest BCUT2D eigenvalue weighted by molar-refractivity contribution is 7.16. The van der Waals surface area contributed by atoms with Crippen LogP contribution in [0.15, 0.2) is 42.5 Å². The van der Waals surface area contributed by atoms with Crippen LogP contribution < -0.4 is 5.32 Å². The lowest BCUT2D eigenvalue weighted by Crippen LogP contribution is -2.36. The van der Waals surface area contributed by atoms with E-state index in [1.165, 1.54) is 11.3 Å². The number of thiazole rings is 1. The lowest BCUT2D eigenvalue weighted by atomic mass is 9.82. The van der Waals surface area contributed by atoms with E-state index in [1.54, 1.807) is 0 Å². The molecule has 25 heavy (non-hydrogen) atoms. The molecule has 1 aromatic heterocycles. The zero-order valence-electron chi connectivity index (χ0n) is 13.7. The molecule has 2 aromatic rings. The number of allylic oxidation sites excluding steroid dienone is 2. The number of anilines is 1. The number of aromatic nitrogens is 1. The van der Waals surface area contributed by atoms with Gasteiger partial charge in [-0.2, -0.15) is 0 Å². The first-order chi connectivity index (χ1) is 12.0. The number of rotatable bonds is 4. The fraction of sp³-hybridized carbons (Fsp3) is 0.316. The molecule has 0 aliphatic heterocycles. The summed E-state index contributed by atoms with van der Waals surface area (Å²) in [4.78, 5) is 29.9. The highest BCUT2D eigenvalue weighted by Gasteiger charge is 2.51. The number of carboxylic acid groups (broad SMARTS) is 1. The van der Waals surface area contributed by atoms with Crippen molar-refractivity contribution in [1.29, 1.82) is 0 Å². The third kappa shape index (κ3) is 2.76. The molecule has 1 fully saturated rings. The fourth-order valence-corrected chi connectivity index (χ4v) is 4.86. The first-order valence-electron chi connectivity index (χ1n) is 8.29. The van der Waals surface area contributed by atoms with E-state index >= 15 is 0 Å². The van der Waals surface area contributed by atoms with E-state index in [-0.39, 0.29) is 17.7 Å². The Morgan fingerprint density at radius 1 is 1.16 bits per heavy atom. The smallest absolute Gasteiger partial charge is 0.307 e. The van der Waals surface area contributed by atoms with Crippen LogP contribution in [-0.2, 0) is 9.59 Å². The van der Waals surface area contributed by atoms with Gasteiger partial charge in [-0.3, -0.25) is 9.59 Å². The minimum atomic E-state index is -0.891. The van der Waals surface area contributed by atoms with Crippen molar-refractivity contribution < 1.29 is 14.7 Å². The van der Waals surface area contributed by atoms with Gasteiger partial charge in [-0.05, 0) is 25.2 Å². The Balaban J connectivity index is 1.56. The minimum absolute atomic E-state index is 0.0146. The normalized spacial score (nSPS) is 26.8. The highest BCUT2D eigenvalue weighted by atomic mass is 32.1. The van der Waals surface area contributed by atoms with E-state index in [1.807, 2.05) is 49.4 Å². The number of amides is 1. The lowest BCUT2D eigenvalue weighted by molar-refractivity contribution is -0.146. The van der Waals surface area contributed by atoms with E-state index in [0.717, 1.165) is 22.6 Å². The zero-order valence-corrected chi connectivity index (χ0v) is 14.5. The average Bonchev–Trinajstić information content (AvgIpc) is 3.29. The standard InChI is InChI=1S/C19H18N2O3S/c1-10-16(11-5-3-2-4-6-11)20-19(25-10)21-17(22)14-12-7-8-13(9-12)15(14)18(23)24/h2-8,12-15H,9H2,1H3,(H,23,24)(H,20,21,22)/t12-,13-,14-,15+/m0/s1. The summed E-state index contributed by atoms with van der Waals surface area (Å²) in [7, 11) is 0. The van der Waals surface area contributed by atoms with Crippen LogP contribution in [0.4, 0.5) is 5.13 Å². The van der Waals surface area contributed by atoms with Gasteiger partial charge in [-0.25, -0.2) is 4.98 Å². The van der Waals surface area contributed by atoms with E-state index < -0.39 is 17.8 Å². The van der Waals surface area contributed by atoms with Crippen molar-refractivity contribution in [3.8, 4) is 11.3 Å². The summed E-state index contributed by atoms with van der Waals surface area (Å²) >= 11 is 1.42. The molecule has 2 N–H and O–H groups in total. The molecule has 128 valence electrons. The van der Waals surface area contributed by atoms with Gasteiger partial charge < -0.3 is 10.4 Å². The first kappa shape index (κ1) is 16.0. The molecule has 2 aliphatic rings. The topological polar surface area (TPSA) is 79.3 Å². The molecule has 1 heterocycles. The van der Waals surface area contributed by atoms with Crippen molar-refractivity contribution in [2.45, 2.75) is 13.3 Å². The first-order valence-corrected chi connectivity index (χ1v) is 9.11. The Bertz CT molecular complexity index is 859. The summed E-state index contributed by atoms with van der Waals surface area (Å²) in [6.45, 7) is 1.97. The lowest BCUT2D eigenvalue weighted by Gasteiger charge is -2.23. The molecule has 0 radical (unpaired) electrons. The SMILES string of the molecule is Cc1sc(NC(=O)[C@@H]2[C@H](C(=O)O)[C@H]3C=C[C@H]2C3)nc1-c1ccccc1. The van der Waals surface area contributed by atoms with Gasteiger partial charge in [0.1, 0.15) is 0 Å². The van der Waals surface area contributed by atoms with E-state index in [0.29, 0.717) is 5.13 Å². The quantitative estimate of drug-likeness (QED) is 0.823. The van der Waals surface area contributed by atoms with Crippen molar-refractivity contribution in [3.05, 3.63) is 47.4 Å². The molecule has 0 unspecified atom stereocenters. The number of aliphatic carboxylic acids is 1. The number of carboxylic acids is 1. The van der Waals surface area contributed by atoms with Crippen molar-refractivity contribution in [3.63, 3.8) is 0 Å². The number of carbonyl (C=O) groups is 2. The summed E-state index contributed by atoms with van der Waals surface area (Å²) in [6.07, 6.45) is 4.67. The number of hydrogen-bond acceptors (Lipinski definition) is 4. The van der Waals surface area contributed by atoms with Crippen LogP contribution in [0.25, 0.3) is 11.3 Å². The fourth-order valence-electron chi connectivity index (χ4n) is 4.02. The summed E-state index contributed by atoms with van der Waals surface area (Å²) in [6, 6.07) is 9.81. The molecule has 0 spiro atoms. The Kier molecular flexibility index (Phi) is 3.92. The number of fused-ring (bicyclic) bond motifs is 2. The van der Waals surface area contributed by atoms with Gasteiger partial charge in [-0.15, -0.1) is 11.3 Å². The van der Waals surface area contributed by atoms with Crippen LogP contribution in [0, 0.1) is 30.6 Å². The summed E-state index contributed by atoms with van der Waals surface area (Å²) in [5, 5.41) is 12.9. The van der Waals surface area contributed by atoms with Crippen LogP contribution in [0.2, 0.25) is 0 Å². The molecule has 2 aliphatic carbocycles. The third-order valence-corrected chi connectivity index (χ3v) is 6.01. The van der Waals surface area contributed by atoms with E-state index in [9.17, 15) is 14.7 Å². The molecular weight excluding hydrogens is 336 g/mol. The van der Waals surface area contributed by atoms with Gasteiger partial charge in [0.05, 0.1) is 17.5 Å². The Morgan fingerprint density at radius 3 is 2.52 bits per heavy atom. The van der Waals surface area contributed by atoms with Gasteiger partial charge in [-0.1, -0.05) is 42.5 Å². The molecule has 5 nitrogen and oxygen atoms in total. The van der Waals surface area contributed by atoms with Crippen molar-refractivity contribution >= 4 is 28.3 Å². The van der Waals surface area contributed by atoms with E-state index in [4.69, 9.17) is 0 Å². The number of nitrogens with one attached hydrogen (secondary N) is 1. The van der Waals surface area contributed by atoms with Crippen LogP contribution >= 0.6 is 11.3 Å². The molecule has 6 heteroatoms. The summed E-state index contributed by atoms with van der Waals surface area (Å²) < 4.78 is 0. The number of carbonyl (C=O) groups excluding carboxylic acids is 1. The molecule has 4 rings (SSSR count). The monoisotopic (exact) mass is 354 g/mol. The van der Waals surface area contributed by atoms with Crippen molar-refractivity contribution in [2.75, 3.05) is 5.32 Å². The van der Waals surface area contributed by atoms with Crippen LogP contribution in [0.1, 0.15) is 11.3 Å². The zero-order chi connectivity index (χ0) is 17.6. The van der Waals surface area contributed by atoms with Gasteiger partial charge in [0, 0.05) is 10.4 Å². The number of nitrogens with zero attached hydrogens (tertiary/aromatic N) is 1. The number of aryl methyl sites for hydroxylation is 1. The molecule has 1 saturated carbocycles. The predicted molar refractivity (Wildman–Crippen MR) is 96.3 cm³/mol. The Morgan fingerprint density at radius 2 is 1.84 bits per heavy atom. The highest BCUT2D eigenvalue weighted by Crippen LogP contribution is 2.48. The van der Waals surface area contributed by atoms with E-state index in [2.05, 4.69) is 10.3 Å². The third-order valence-electron chi connectivity index (χ3n) is 5.12. The molecule has 4 atom stereocenters. The number of hydrogen-bond donors (Lipinski definition) is 2. The molecule has 0 saturated heterocycles. The summed E-state index contributed by atoms with van der Waals surface area (Å²) in [5.74, 6) is -2.30. The second-order valence-electron chi connectivity index (χ2n) is 6.62. The van der Waals surface area contributed by atoms with Crippen molar-refractivity contribution in [2.24, 2.45) is 23.7 Å². The molecular formula is C19H18N2O3S. The molecule has 2 bridgehead atoms. The second kappa shape index (κ2) is 6.11. The minimum Gasteiger partial charge on any atom is -0.481 e. The van der Waals surface area contributed by atoms with Crippen LogP contribution in [0.5, 0.6) is 0 Å². The van der Waals surface area contributed by atoms with Crippen LogP contribution in [-0.4, -0.2) is 22.0 Å². The maximum absolute atomic E-state index is 12.7. The van der Waals surface area contributed by atoms with Gasteiger partial charge in [0.15, 0.2) is 5.13 Å². The average molecular weight is 354 g/mol. The largest absolute Gasteiger partial charge is 0.481 e. The van der Waals surface area contributed by atoms with Crippen molar-refractivity contribution in [1.82, 2.24) is 4.98 Å². The molecule has 1 aromatic carbocycles. The Labute approximate surface area is 149 Å².